The molecule has 0 fully saturated rings. The van der Waals surface area contributed by atoms with Crippen molar-refractivity contribution < 1.29 is 19.4 Å². The van der Waals surface area contributed by atoms with Gasteiger partial charge >= 0.3 is 5.97 Å². The Labute approximate surface area is 168 Å². The zero-order valence-electron chi connectivity index (χ0n) is 15.6. The van der Waals surface area contributed by atoms with E-state index in [1.165, 1.54) is 4.90 Å². The van der Waals surface area contributed by atoms with Crippen LogP contribution < -0.4 is 4.90 Å². The molecule has 0 unspecified atom stereocenters. The maximum absolute atomic E-state index is 12.9. The van der Waals surface area contributed by atoms with Crippen LogP contribution in [-0.4, -0.2) is 17.0 Å². The number of hydrogen-bond donors (Lipinski definition) is 1. The van der Waals surface area contributed by atoms with Crippen LogP contribution in [0.2, 0.25) is 0 Å². The first kappa shape index (κ1) is 18.5. The van der Waals surface area contributed by atoms with Gasteiger partial charge in [-0.25, -0.2) is 4.79 Å². The van der Waals surface area contributed by atoms with E-state index in [2.05, 4.69) is 0 Å². The van der Waals surface area contributed by atoms with Crippen LogP contribution in [0.3, 0.4) is 0 Å². The van der Waals surface area contributed by atoms with E-state index in [-0.39, 0.29) is 12.2 Å². The molecule has 5 nitrogen and oxygen atoms in total. The molecule has 1 aliphatic rings. The van der Waals surface area contributed by atoms with Crippen molar-refractivity contribution in [3.63, 3.8) is 0 Å². The zero-order valence-corrected chi connectivity index (χ0v) is 15.6. The van der Waals surface area contributed by atoms with Crippen LogP contribution in [-0.2, 0) is 20.9 Å². The SMILES string of the molecule is O=C(OCc1ccccc1)C1=C(O)C(=O)N(c2ccccc2)[C@@H]1c1ccccc1. The molecule has 1 N–H and O–H groups in total. The lowest BCUT2D eigenvalue weighted by atomic mass is 9.99. The molecule has 1 heterocycles. The first-order chi connectivity index (χ1) is 14.2. The van der Waals surface area contributed by atoms with E-state index in [4.69, 9.17) is 4.74 Å². The van der Waals surface area contributed by atoms with Gasteiger partial charge < -0.3 is 9.84 Å². The fourth-order valence-electron chi connectivity index (χ4n) is 3.42. The number of aliphatic hydroxyl groups excluding tert-OH is 1. The molecule has 1 atom stereocenters. The van der Waals surface area contributed by atoms with Crippen molar-refractivity contribution >= 4 is 17.6 Å². The van der Waals surface area contributed by atoms with Gasteiger partial charge in [0, 0.05) is 5.69 Å². The van der Waals surface area contributed by atoms with Crippen LogP contribution in [0.15, 0.2) is 102 Å². The molecule has 0 bridgehead atoms. The van der Waals surface area contributed by atoms with Crippen molar-refractivity contribution in [1.82, 2.24) is 0 Å². The number of amides is 1. The van der Waals surface area contributed by atoms with Gasteiger partial charge in [-0.2, -0.15) is 0 Å². The van der Waals surface area contributed by atoms with Crippen molar-refractivity contribution in [3.8, 4) is 0 Å². The molecule has 0 saturated heterocycles. The van der Waals surface area contributed by atoms with Crippen molar-refractivity contribution in [2.45, 2.75) is 12.6 Å². The molecule has 5 heteroatoms. The molecular formula is C24H19NO4. The van der Waals surface area contributed by atoms with Gasteiger partial charge in [0.15, 0.2) is 5.76 Å². The number of nitrogens with zero attached hydrogens (tertiary/aromatic N) is 1. The second-order valence-corrected chi connectivity index (χ2v) is 6.65. The van der Waals surface area contributed by atoms with Gasteiger partial charge in [-0.05, 0) is 23.3 Å². The first-order valence-electron chi connectivity index (χ1n) is 9.24. The lowest BCUT2D eigenvalue weighted by Gasteiger charge is -2.26. The third-order valence-electron chi connectivity index (χ3n) is 4.79. The van der Waals surface area contributed by atoms with Crippen molar-refractivity contribution in [1.29, 1.82) is 0 Å². The summed E-state index contributed by atoms with van der Waals surface area (Å²) in [6.45, 7) is 0.0531. The van der Waals surface area contributed by atoms with Crippen molar-refractivity contribution in [2.24, 2.45) is 0 Å². The van der Waals surface area contributed by atoms with Crippen LogP contribution in [0.5, 0.6) is 0 Å². The van der Waals surface area contributed by atoms with Crippen LogP contribution in [0, 0.1) is 0 Å². The van der Waals surface area contributed by atoms with Gasteiger partial charge in [-0.3, -0.25) is 9.69 Å². The smallest absolute Gasteiger partial charge is 0.340 e. The van der Waals surface area contributed by atoms with E-state index >= 15 is 0 Å². The third-order valence-corrected chi connectivity index (χ3v) is 4.79. The highest BCUT2D eigenvalue weighted by Crippen LogP contribution is 2.40. The molecular weight excluding hydrogens is 366 g/mol. The third kappa shape index (κ3) is 3.62. The molecule has 3 aromatic rings. The first-order valence-corrected chi connectivity index (χ1v) is 9.24. The Morgan fingerprint density at radius 2 is 1.41 bits per heavy atom. The normalized spacial score (nSPS) is 16.2. The molecule has 0 spiro atoms. The minimum Gasteiger partial charge on any atom is -0.503 e. The molecule has 0 saturated carbocycles. The Morgan fingerprint density at radius 3 is 2.03 bits per heavy atom. The lowest BCUT2D eigenvalue weighted by molar-refractivity contribution is -0.140. The maximum Gasteiger partial charge on any atom is 0.340 e. The largest absolute Gasteiger partial charge is 0.503 e. The number of esters is 1. The molecule has 0 aliphatic carbocycles. The molecule has 0 radical (unpaired) electrons. The summed E-state index contributed by atoms with van der Waals surface area (Å²) in [5, 5.41) is 10.6. The van der Waals surface area contributed by atoms with E-state index in [1.54, 1.807) is 24.3 Å². The number of rotatable bonds is 5. The summed E-state index contributed by atoms with van der Waals surface area (Å²) in [4.78, 5) is 27.2. The summed E-state index contributed by atoms with van der Waals surface area (Å²) < 4.78 is 5.43. The number of para-hydroxylation sites is 1. The summed E-state index contributed by atoms with van der Waals surface area (Å²) in [5.74, 6) is -1.93. The maximum atomic E-state index is 12.9. The molecule has 3 aromatic carbocycles. The number of benzene rings is 3. The summed E-state index contributed by atoms with van der Waals surface area (Å²) in [7, 11) is 0. The number of ether oxygens (including phenoxy) is 1. The second-order valence-electron chi connectivity index (χ2n) is 6.65. The fraction of sp³-hybridized carbons (Fsp3) is 0.0833. The molecule has 1 aliphatic heterocycles. The predicted molar refractivity (Wildman–Crippen MR) is 109 cm³/mol. The van der Waals surface area contributed by atoms with E-state index in [0.29, 0.717) is 11.3 Å². The molecule has 4 rings (SSSR count). The van der Waals surface area contributed by atoms with Crippen molar-refractivity contribution in [2.75, 3.05) is 4.90 Å². The number of aliphatic hydroxyl groups is 1. The Hall–Kier alpha value is -3.86. The average molecular weight is 385 g/mol. The molecule has 144 valence electrons. The van der Waals surface area contributed by atoms with Gasteiger partial charge in [0.2, 0.25) is 0 Å². The molecule has 0 aromatic heterocycles. The highest BCUT2D eigenvalue weighted by Gasteiger charge is 2.45. The fourth-order valence-corrected chi connectivity index (χ4v) is 3.42. The predicted octanol–water partition coefficient (Wildman–Crippen LogP) is 4.33. The van der Waals surface area contributed by atoms with E-state index < -0.39 is 23.7 Å². The summed E-state index contributed by atoms with van der Waals surface area (Å²) in [6.07, 6.45) is 0. The van der Waals surface area contributed by atoms with E-state index in [1.807, 2.05) is 66.7 Å². The second kappa shape index (κ2) is 8.02. The Kier molecular flexibility index (Phi) is 5.12. The Balaban J connectivity index is 1.70. The Bertz CT molecular complexity index is 1050. The molecule has 29 heavy (non-hydrogen) atoms. The van der Waals surface area contributed by atoms with Gasteiger partial charge in [0.05, 0.1) is 6.04 Å². The summed E-state index contributed by atoms with van der Waals surface area (Å²) in [6, 6.07) is 26.6. The highest BCUT2D eigenvalue weighted by molar-refractivity contribution is 6.15. The van der Waals surface area contributed by atoms with Crippen LogP contribution in [0.4, 0.5) is 5.69 Å². The van der Waals surface area contributed by atoms with Gasteiger partial charge in [-0.15, -0.1) is 0 Å². The number of anilines is 1. The van der Waals surface area contributed by atoms with E-state index in [0.717, 1.165) is 5.56 Å². The highest BCUT2D eigenvalue weighted by atomic mass is 16.5. The number of carbonyl (C=O) groups is 2. The quantitative estimate of drug-likeness (QED) is 0.664. The monoisotopic (exact) mass is 385 g/mol. The zero-order chi connectivity index (χ0) is 20.2. The lowest BCUT2D eigenvalue weighted by Crippen LogP contribution is -2.31. The van der Waals surface area contributed by atoms with Crippen molar-refractivity contribution in [3.05, 3.63) is 113 Å². The summed E-state index contributed by atoms with van der Waals surface area (Å²) in [5.41, 5.74) is 2.06. The Morgan fingerprint density at radius 1 is 0.862 bits per heavy atom. The number of carbonyl (C=O) groups excluding carboxylic acids is 2. The average Bonchev–Trinajstić information content (AvgIpc) is 3.05. The number of hydrogen-bond acceptors (Lipinski definition) is 4. The summed E-state index contributed by atoms with van der Waals surface area (Å²) >= 11 is 0. The minimum atomic E-state index is -0.769. The van der Waals surface area contributed by atoms with Gasteiger partial charge in [-0.1, -0.05) is 78.9 Å². The van der Waals surface area contributed by atoms with Gasteiger partial charge in [0.25, 0.3) is 5.91 Å². The van der Waals surface area contributed by atoms with Crippen LogP contribution in [0.25, 0.3) is 0 Å². The topological polar surface area (TPSA) is 66.8 Å². The van der Waals surface area contributed by atoms with Gasteiger partial charge in [0.1, 0.15) is 12.2 Å². The van der Waals surface area contributed by atoms with E-state index in [9.17, 15) is 14.7 Å². The van der Waals surface area contributed by atoms with Crippen LogP contribution in [0.1, 0.15) is 17.2 Å². The molecule has 1 amide bonds. The minimum absolute atomic E-state index is 0.0531. The van der Waals surface area contributed by atoms with Crippen LogP contribution >= 0.6 is 0 Å². The standard InChI is InChI=1S/C24H19NO4/c26-22-20(24(28)29-16-17-10-4-1-5-11-17)21(18-12-6-2-7-13-18)25(23(22)27)19-14-8-3-9-15-19/h1-15,21,26H,16H2/t21-/m1/s1.